The highest BCUT2D eigenvalue weighted by atomic mass is 32.2. The van der Waals surface area contributed by atoms with Gasteiger partial charge in [-0.25, -0.2) is 8.78 Å². The number of pyridine rings is 1. The second kappa shape index (κ2) is 29.5. The molecule has 0 saturated heterocycles. The Hall–Kier alpha value is -8.28. The summed E-state index contributed by atoms with van der Waals surface area (Å²) >= 11 is 1.18. The van der Waals surface area contributed by atoms with Crippen LogP contribution in [0.2, 0.25) is 1.41 Å². The van der Waals surface area contributed by atoms with Crippen LogP contribution in [0.25, 0.3) is 11.1 Å². The van der Waals surface area contributed by atoms with Crippen molar-refractivity contribution in [3.8, 4) is 11.1 Å². The molecule has 1 aliphatic heterocycles. The maximum absolute atomic E-state index is 15.4. The van der Waals surface area contributed by atoms with Crippen molar-refractivity contribution in [2.75, 3.05) is 44.2 Å². The van der Waals surface area contributed by atoms with Gasteiger partial charge >= 0.3 is 0 Å². The highest BCUT2D eigenvalue weighted by Crippen LogP contribution is 2.41. The molecule has 1 aliphatic rings. The molecule has 422 valence electrons. The van der Waals surface area contributed by atoms with E-state index in [-0.39, 0.29) is 80.9 Å². The minimum absolute atomic E-state index is 0.00265. The van der Waals surface area contributed by atoms with Crippen LogP contribution in [0.5, 0.6) is 0 Å². The van der Waals surface area contributed by atoms with Crippen molar-refractivity contribution in [1.29, 1.82) is 0 Å². The molecule has 10 amide bonds. The largest absolute Gasteiger partial charge is 0.370 e. The average Bonchev–Trinajstić information content (AvgIpc) is 3.96. The summed E-state index contributed by atoms with van der Waals surface area (Å²) < 4.78 is 40.2. The average molecular weight is 1110 g/mol. The van der Waals surface area contributed by atoms with Crippen LogP contribution >= 0.6 is 11.8 Å². The SMILES string of the molecule is [2H]N(C(=O)Cc1ccncc1)[C@@H](C)C(=O)N[C@@H](C)C(=O)N[C@@H](CC(N)=O)C(=O)NCCCN(C(=O)CSCCC(=O)NCCNC(=O)CN1C(=O)C=CC1=O)[C@@H](c1cc(-c2cc(F)ccc2F)cn1Cc1ccccc1)C(C)(C)C. The topological polar surface area (TPSA) is 293 Å². The second-order valence-corrected chi connectivity index (χ2v) is 20.8. The van der Waals surface area contributed by atoms with Gasteiger partial charge in [-0.2, -0.15) is 11.8 Å². The summed E-state index contributed by atoms with van der Waals surface area (Å²) in [7, 11) is 0. The molecule has 0 aliphatic carbocycles. The number of hydrogen-bond donors (Lipinski definition) is 7. The molecule has 79 heavy (non-hydrogen) atoms. The van der Waals surface area contributed by atoms with Crippen LogP contribution in [0, 0.1) is 17.0 Å². The minimum atomic E-state index is -1.50. The first-order valence-corrected chi connectivity index (χ1v) is 26.6. The molecule has 4 aromatic rings. The van der Waals surface area contributed by atoms with E-state index in [4.69, 9.17) is 7.15 Å². The van der Waals surface area contributed by atoms with Crippen LogP contribution < -0.4 is 37.6 Å². The predicted octanol–water partition coefficient (Wildman–Crippen LogP) is 2.19. The van der Waals surface area contributed by atoms with Crippen molar-refractivity contribution in [1.82, 2.24) is 51.2 Å². The van der Waals surface area contributed by atoms with Gasteiger partial charge in [0.2, 0.25) is 47.3 Å². The number of amides is 10. The Morgan fingerprint density at radius 1 is 0.785 bits per heavy atom. The number of benzene rings is 2. The molecular weight excluding hydrogens is 1040 g/mol. The van der Waals surface area contributed by atoms with Crippen LogP contribution in [-0.4, -0.2) is 141 Å². The van der Waals surface area contributed by atoms with Crippen molar-refractivity contribution in [3.05, 3.63) is 126 Å². The van der Waals surface area contributed by atoms with E-state index in [1.807, 2.05) is 55.7 Å². The molecule has 21 nitrogen and oxygen atoms in total. The third kappa shape index (κ3) is 19.3. The Bertz CT molecular complexity index is 2910. The lowest BCUT2D eigenvalue weighted by Crippen LogP contribution is -2.56. The molecule has 2 aromatic carbocycles. The Morgan fingerprint density at radius 2 is 1.44 bits per heavy atom. The molecule has 24 heteroatoms. The second-order valence-electron chi connectivity index (χ2n) is 19.7. The van der Waals surface area contributed by atoms with Crippen LogP contribution in [0.4, 0.5) is 8.78 Å². The zero-order valence-corrected chi connectivity index (χ0v) is 45.4. The van der Waals surface area contributed by atoms with E-state index in [0.717, 1.165) is 40.8 Å². The van der Waals surface area contributed by atoms with Gasteiger partial charge in [-0.05, 0) is 73.2 Å². The number of nitrogens with two attached hydrogens (primary N) is 1. The Balaban J connectivity index is 1.28. The van der Waals surface area contributed by atoms with Gasteiger partial charge in [0.25, 0.3) is 11.8 Å². The normalized spacial score (nSPS) is 13.8. The molecule has 8 N–H and O–H groups in total. The van der Waals surface area contributed by atoms with Crippen molar-refractivity contribution in [3.63, 3.8) is 0 Å². The maximum Gasteiger partial charge on any atom is 0.254 e. The van der Waals surface area contributed by atoms with Crippen molar-refractivity contribution < 1.29 is 58.1 Å². The monoisotopic (exact) mass is 1110 g/mol. The van der Waals surface area contributed by atoms with Gasteiger partial charge in [0.05, 0.1) is 24.6 Å². The summed E-state index contributed by atoms with van der Waals surface area (Å²) in [6.07, 6.45) is 6.10. The summed E-state index contributed by atoms with van der Waals surface area (Å²) in [5.41, 5.74) is 7.12. The van der Waals surface area contributed by atoms with Gasteiger partial charge in [-0.3, -0.25) is 57.8 Å². The zero-order chi connectivity index (χ0) is 58.7. The highest BCUT2D eigenvalue weighted by Gasteiger charge is 2.37. The third-order valence-electron chi connectivity index (χ3n) is 12.3. The van der Waals surface area contributed by atoms with E-state index in [1.54, 1.807) is 29.3 Å². The van der Waals surface area contributed by atoms with Crippen molar-refractivity contribution in [2.45, 2.75) is 91.0 Å². The molecular formula is C55H67F2N11O10S. The molecule has 3 heterocycles. The van der Waals surface area contributed by atoms with Gasteiger partial charge < -0.3 is 47.1 Å². The first kappa shape index (κ1) is 60.0. The minimum Gasteiger partial charge on any atom is -0.370 e. The number of thioether (sulfide) groups is 1. The molecule has 5 rings (SSSR count). The molecule has 0 saturated carbocycles. The van der Waals surface area contributed by atoms with E-state index in [0.29, 0.717) is 22.1 Å². The van der Waals surface area contributed by atoms with Gasteiger partial charge in [0.1, 0.15) is 36.3 Å². The molecule has 2 aromatic heterocycles. The zero-order valence-electron chi connectivity index (χ0n) is 45.6. The summed E-state index contributed by atoms with van der Waals surface area (Å²) in [6.45, 7) is 8.16. The number of aromatic nitrogens is 2. The fourth-order valence-electron chi connectivity index (χ4n) is 8.38. The number of primary amides is 1. The lowest BCUT2D eigenvalue weighted by atomic mass is 9.83. The molecule has 0 spiro atoms. The van der Waals surface area contributed by atoms with Crippen LogP contribution in [0.3, 0.4) is 0 Å². The molecule has 0 fully saturated rings. The lowest BCUT2D eigenvalue weighted by Gasteiger charge is -2.41. The van der Waals surface area contributed by atoms with Crippen LogP contribution in [0.1, 0.15) is 76.7 Å². The molecule has 0 bridgehead atoms. The summed E-state index contributed by atoms with van der Waals surface area (Å²) in [6, 6.07) is 12.5. The number of carbonyl (C=O) groups excluding carboxylic acids is 10. The van der Waals surface area contributed by atoms with E-state index in [1.165, 1.54) is 38.0 Å². The summed E-state index contributed by atoms with van der Waals surface area (Å²) in [5, 5.41) is 13.2. The number of imide groups is 1. The number of nitrogens with one attached hydrogen (secondary N) is 6. The van der Waals surface area contributed by atoms with Crippen LogP contribution in [0.15, 0.2) is 97.5 Å². The van der Waals surface area contributed by atoms with Crippen LogP contribution in [-0.2, 0) is 60.9 Å². The number of hydrogen-bond acceptors (Lipinski definition) is 12. The van der Waals surface area contributed by atoms with E-state index >= 15 is 4.39 Å². The lowest BCUT2D eigenvalue weighted by molar-refractivity contribution is -0.141. The number of nitrogens with zero attached hydrogens (tertiary/aromatic N) is 4. The number of halogens is 2. The first-order chi connectivity index (χ1) is 37.9. The van der Waals surface area contributed by atoms with Gasteiger partial charge in [-0.15, -0.1) is 0 Å². The Labute approximate surface area is 462 Å². The van der Waals surface area contributed by atoms with Crippen molar-refractivity contribution in [2.24, 2.45) is 11.1 Å². The maximum atomic E-state index is 15.4. The van der Waals surface area contributed by atoms with Gasteiger partial charge in [0.15, 0.2) is 1.41 Å². The fraction of sp³-hybridized carbons (Fsp3) is 0.400. The first-order valence-electron chi connectivity index (χ1n) is 25.9. The third-order valence-corrected chi connectivity index (χ3v) is 13.2. The van der Waals surface area contributed by atoms with E-state index in [2.05, 4.69) is 31.6 Å². The molecule has 0 unspecified atom stereocenters. The smallest absolute Gasteiger partial charge is 0.254 e. The van der Waals surface area contributed by atoms with Gasteiger partial charge in [-0.1, -0.05) is 51.1 Å². The number of carbonyl (C=O) groups is 10. The fourth-order valence-corrected chi connectivity index (χ4v) is 9.20. The van der Waals surface area contributed by atoms with E-state index < -0.39 is 101 Å². The molecule has 0 radical (unpaired) electrons. The summed E-state index contributed by atoms with van der Waals surface area (Å²) in [4.78, 5) is 135. The standard InChI is InChI=1S/C55H67F2N11O10S/c1-34(63-46(71)26-36-16-20-59-21-17-36)52(76)64-35(2)53(77)65-42(29-44(58)69)54(78)62-19-9-24-67(50(75)33-79-25-18-45(70)60-22-23-61-47(72)32-68-48(73)14-15-49(68)74)51(55(3,4)5)43-27-38(40-28-39(56)12-13-41(40)57)31-66(43)30-37-10-7-6-8-11-37/h6-8,10-17,20-21,27-28,31,34-35,42,51H,9,18-19,22-26,29-30,32-33H2,1-5H3,(H2,58,69)(H,60,70)(H,61,72)(H,62,78)(H,63,71)(H,64,76)(H,65,77)/t34-,35-,42-,51-/m0/s1/i/hD. The summed E-state index contributed by atoms with van der Waals surface area (Å²) in [5.74, 6) is -7.91. The Kier molecular flexibility index (Phi) is 22.4. The van der Waals surface area contributed by atoms with Crippen molar-refractivity contribution >= 4 is 70.8 Å². The molecule has 4 atom stereocenters. The highest BCUT2D eigenvalue weighted by molar-refractivity contribution is 7.99. The predicted molar refractivity (Wildman–Crippen MR) is 290 cm³/mol. The quantitative estimate of drug-likeness (QED) is 0.0304. The van der Waals surface area contributed by atoms with E-state index in [9.17, 15) is 52.3 Å². The van der Waals surface area contributed by atoms with Gasteiger partial charge in [0, 0.05) is 92.5 Å². The number of rotatable bonds is 29. The Morgan fingerprint density at radius 3 is 2.10 bits per heavy atom.